The van der Waals surface area contributed by atoms with Crippen LogP contribution in [0.1, 0.15) is 23.7 Å². The number of benzene rings is 1. The maximum Gasteiger partial charge on any atom is 0.373 e. The van der Waals surface area contributed by atoms with Gasteiger partial charge in [-0.25, -0.2) is 4.79 Å². The molecule has 19 heavy (non-hydrogen) atoms. The highest BCUT2D eigenvalue weighted by Crippen LogP contribution is 2.38. The third-order valence-corrected chi connectivity index (χ3v) is 2.32. The molecule has 0 aromatic heterocycles. The first-order valence-electron chi connectivity index (χ1n) is 5.81. The predicted octanol–water partition coefficient (Wildman–Crippen LogP) is 2.21. The van der Waals surface area contributed by atoms with Crippen molar-refractivity contribution in [3.63, 3.8) is 0 Å². The third kappa shape index (κ3) is 3.75. The smallest absolute Gasteiger partial charge is 0.373 e. The molecule has 0 radical (unpaired) electrons. The minimum atomic E-state index is -0.618. The van der Waals surface area contributed by atoms with E-state index in [2.05, 4.69) is 4.89 Å². The minimum absolute atomic E-state index is 0.255. The van der Waals surface area contributed by atoms with Gasteiger partial charge in [0.1, 0.15) is 0 Å². The summed E-state index contributed by atoms with van der Waals surface area (Å²) in [4.78, 5) is 21.1. The number of hydrogen-bond acceptors (Lipinski definition) is 6. The van der Waals surface area contributed by atoms with Crippen molar-refractivity contribution in [3.05, 3.63) is 17.7 Å². The Morgan fingerprint density at radius 2 is 1.63 bits per heavy atom. The lowest BCUT2D eigenvalue weighted by Crippen LogP contribution is -2.08. The molecule has 1 aromatic carbocycles. The lowest BCUT2D eigenvalue weighted by Gasteiger charge is -2.13. The van der Waals surface area contributed by atoms with Crippen molar-refractivity contribution in [2.24, 2.45) is 0 Å². The highest BCUT2D eigenvalue weighted by atomic mass is 17.2. The maximum absolute atomic E-state index is 11.8. The average molecular weight is 270 g/mol. The van der Waals surface area contributed by atoms with E-state index in [1.807, 2.05) is 6.92 Å². The van der Waals surface area contributed by atoms with Crippen molar-refractivity contribution >= 4 is 5.97 Å². The summed E-state index contributed by atoms with van der Waals surface area (Å²) < 4.78 is 15.4. The van der Waals surface area contributed by atoms with E-state index in [0.717, 1.165) is 6.42 Å². The van der Waals surface area contributed by atoms with E-state index in [9.17, 15) is 4.79 Å². The number of rotatable bonds is 7. The molecule has 1 rings (SSSR count). The Morgan fingerprint density at radius 3 is 2.05 bits per heavy atom. The van der Waals surface area contributed by atoms with Crippen molar-refractivity contribution in [2.45, 2.75) is 13.3 Å². The van der Waals surface area contributed by atoms with E-state index in [1.54, 1.807) is 0 Å². The van der Waals surface area contributed by atoms with Crippen molar-refractivity contribution in [1.29, 1.82) is 0 Å². The van der Waals surface area contributed by atoms with Crippen LogP contribution in [0.4, 0.5) is 0 Å². The molecule has 0 saturated heterocycles. The van der Waals surface area contributed by atoms with Gasteiger partial charge in [-0.15, -0.1) is 0 Å². The van der Waals surface area contributed by atoms with Gasteiger partial charge in [-0.05, 0) is 18.6 Å². The second-order valence-electron chi connectivity index (χ2n) is 3.61. The summed E-state index contributed by atoms with van der Waals surface area (Å²) in [6, 6.07) is 3.00. The van der Waals surface area contributed by atoms with Crippen molar-refractivity contribution in [3.8, 4) is 17.2 Å². The van der Waals surface area contributed by atoms with E-state index in [1.165, 1.54) is 33.5 Å². The zero-order valence-corrected chi connectivity index (χ0v) is 11.5. The summed E-state index contributed by atoms with van der Waals surface area (Å²) >= 11 is 0. The molecule has 0 aliphatic carbocycles. The monoisotopic (exact) mass is 270 g/mol. The van der Waals surface area contributed by atoms with Gasteiger partial charge in [-0.3, -0.25) is 4.89 Å². The Hall–Kier alpha value is -1.95. The van der Waals surface area contributed by atoms with Gasteiger partial charge >= 0.3 is 5.97 Å². The van der Waals surface area contributed by atoms with Crippen molar-refractivity contribution < 1.29 is 28.8 Å². The van der Waals surface area contributed by atoms with Crippen LogP contribution in [0, 0.1) is 0 Å². The molecular weight excluding hydrogens is 252 g/mol. The molecule has 0 saturated carbocycles. The molecule has 0 fully saturated rings. The largest absolute Gasteiger partial charge is 0.493 e. The molecule has 1 aromatic rings. The fraction of sp³-hybridized carbons (Fsp3) is 0.462. The zero-order chi connectivity index (χ0) is 14.3. The van der Waals surface area contributed by atoms with Crippen molar-refractivity contribution in [2.75, 3.05) is 27.9 Å². The second kappa shape index (κ2) is 7.48. The number of ether oxygens (including phenoxy) is 3. The maximum atomic E-state index is 11.8. The molecule has 0 spiro atoms. The quantitative estimate of drug-likeness (QED) is 0.430. The first kappa shape index (κ1) is 15.1. The van der Waals surface area contributed by atoms with Crippen LogP contribution in [0.5, 0.6) is 17.2 Å². The molecule has 0 unspecified atom stereocenters. The van der Waals surface area contributed by atoms with Gasteiger partial charge in [0.2, 0.25) is 5.75 Å². The Kier molecular flexibility index (Phi) is 5.95. The Bertz CT molecular complexity index is 404. The van der Waals surface area contributed by atoms with E-state index in [0.29, 0.717) is 23.9 Å². The van der Waals surface area contributed by atoms with Crippen LogP contribution in [0.25, 0.3) is 0 Å². The molecule has 0 atom stereocenters. The summed E-state index contributed by atoms with van der Waals surface area (Å²) in [5.74, 6) is 0.553. The molecule has 6 nitrogen and oxygen atoms in total. The molecular formula is C13H18O6. The minimum Gasteiger partial charge on any atom is -0.493 e. The fourth-order valence-electron chi connectivity index (χ4n) is 1.43. The molecule has 0 amide bonds. The van der Waals surface area contributed by atoms with Crippen molar-refractivity contribution in [1.82, 2.24) is 0 Å². The lowest BCUT2D eigenvalue weighted by atomic mass is 10.2. The standard InChI is InChI=1S/C13H18O6/c1-5-6-18-19-13(14)9-7-10(15-2)12(17-4)11(8-9)16-3/h7-8H,5-6H2,1-4H3. The highest BCUT2D eigenvalue weighted by Gasteiger charge is 2.18. The van der Waals surface area contributed by atoms with Gasteiger partial charge in [-0.1, -0.05) is 6.92 Å². The van der Waals surface area contributed by atoms with Gasteiger partial charge in [0.15, 0.2) is 11.5 Å². The summed E-state index contributed by atoms with van der Waals surface area (Å²) in [5.41, 5.74) is 0.255. The Morgan fingerprint density at radius 1 is 1.05 bits per heavy atom. The molecule has 0 aliphatic rings. The fourth-order valence-corrected chi connectivity index (χ4v) is 1.43. The zero-order valence-electron chi connectivity index (χ0n) is 11.5. The summed E-state index contributed by atoms with van der Waals surface area (Å²) in [5, 5.41) is 0. The van der Waals surface area contributed by atoms with Gasteiger partial charge in [0, 0.05) is 0 Å². The average Bonchev–Trinajstić information content (AvgIpc) is 2.45. The van der Waals surface area contributed by atoms with E-state index < -0.39 is 5.97 Å². The van der Waals surface area contributed by atoms with Crippen LogP contribution in [0.3, 0.4) is 0 Å². The Balaban J connectivity index is 2.98. The first-order valence-corrected chi connectivity index (χ1v) is 5.81. The molecule has 0 N–H and O–H groups in total. The van der Waals surface area contributed by atoms with Crippen LogP contribution >= 0.6 is 0 Å². The van der Waals surface area contributed by atoms with Gasteiger partial charge in [0.05, 0.1) is 33.5 Å². The van der Waals surface area contributed by atoms with Crippen LogP contribution < -0.4 is 14.2 Å². The SMILES string of the molecule is CCCOOC(=O)c1cc(OC)c(OC)c(OC)c1. The van der Waals surface area contributed by atoms with Crippen LogP contribution in [0.15, 0.2) is 12.1 Å². The van der Waals surface area contributed by atoms with E-state index >= 15 is 0 Å². The molecule has 6 heteroatoms. The second-order valence-corrected chi connectivity index (χ2v) is 3.61. The van der Waals surface area contributed by atoms with E-state index in [4.69, 9.17) is 19.1 Å². The summed E-state index contributed by atoms with van der Waals surface area (Å²) in [7, 11) is 4.43. The van der Waals surface area contributed by atoms with Crippen LogP contribution in [-0.4, -0.2) is 33.9 Å². The molecule has 0 heterocycles. The van der Waals surface area contributed by atoms with E-state index in [-0.39, 0.29) is 5.56 Å². The summed E-state index contributed by atoms with van der Waals surface area (Å²) in [6.07, 6.45) is 0.753. The molecule has 0 bridgehead atoms. The highest BCUT2D eigenvalue weighted by molar-refractivity contribution is 5.90. The predicted molar refractivity (Wildman–Crippen MR) is 67.8 cm³/mol. The van der Waals surface area contributed by atoms with Crippen LogP contribution in [-0.2, 0) is 9.78 Å². The van der Waals surface area contributed by atoms with Gasteiger partial charge < -0.3 is 14.2 Å². The topological polar surface area (TPSA) is 63.2 Å². The van der Waals surface area contributed by atoms with Gasteiger partial charge in [-0.2, -0.15) is 4.89 Å². The van der Waals surface area contributed by atoms with Crippen LogP contribution in [0.2, 0.25) is 0 Å². The molecule has 0 aliphatic heterocycles. The van der Waals surface area contributed by atoms with Gasteiger partial charge in [0.25, 0.3) is 0 Å². The number of hydrogen-bond donors (Lipinski definition) is 0. The number of carbonyl (C=O) groups excluding carboxylic acids is 1. The third-order valence-electron chi connectivity index (χ3n) is 2.32. The first-order chi connectivity index (χ1) is 9.17. The number of carbonyl (C=O) groups is 1. The Labute approximate surface area is 112 Å². The lowest BCUT2D eigenvalue weighted by molar-refractivity contribution is -0.240. The summed E-state index contributed by atoms with van der Waals surface area (Å²) in [6.45, 7) is 2.25. The normalized spacial score (nSPS) is 9.89. The molecule has 106 valence electrons. The number of methoxy groups -OCH3 is 3.